The SMILES string of the molecule is [O-]N1CCC(Cc2ccccc2)CC1. The molecule has 1 fully saturated rings. The van der Waals surface area contributed by atoms with E-state index in [-0.39, 0.29) is 0 Å². The molecule has 1 aliphatic rings. The summed E-state index contributed by atoms with van der Waals surface area (Å²) >= 11 is 0. The topological polar surface area (TPSA) is 26.3 Å². The van der Waals surface area contributed by atoms with E-state index in [1.54, 1.807) is 0 Å². The maximum absolute atomic E-state index is 11.0. The average Bonchev–Trinajstić information content (AvgIpc) is 2.23. The van der Waals surface area contributed by atoms with Gasteiger partial charge in [0.2, 0.25) is 0 Å². The molecule has 1 aliphatic heterocycles. The minimum absolute atomic E-state index is 0.711. The lowest BCUT2D eigenvalue weighted by atomic mass is 9.91. The van der Waals surface area contributed by atoms with Crippen LogP contribution >= 0.6 is 0 Å². The first-order valence-electron chi connectivity index (χ1n) is 5.30. The second-order valence-electron chi connectivity index (χ2n) is 4.06. The van der Waals surface area contributed by atoms with Crippen molar-refractivity contribution in [2.45, 2.75) is 19.3 Å². The van der Waals surface area contributed by atoms with Gasteiger partial charge in [0.15, 0.2) is 0 Å². The van der Waals surface area contributed by atoms with Gasteiger partial charge in [-0.15, -0.1) is 0 Å². The number of nitrogens with zero attached hydrogens (tertiary/aromatic N) is 1. The molecule has 2 rings (SSSR count). The summed E-state index contributed by atoms with van der Waals surface area (Å²) in [5.41, 5.74) is 1.40. The highest BCUT2D eigenvalue weighted by Gasteiger charge is 2.14. The van der Waals surface area contributed by atoms with Gasteiger partial charge >= 0.3 is 0 Å². The first-order chi connectivity index (χ1) is 6.84. The van der Waals surface area contributed by atoms with Crippen molar-refractivity contribution < 1.29 is 0 Å². The molecule has 0 aromatic heterocycles. The van der Waals surface area contributed by atoms with Crippen LogP contribution in [0.15, 0.2) is 30.3 Å². The Hall–Kier alpha value is -0.860. The van der Waals surface area contributed by atoms with Gasteiger partial charge in [-0.2, -0.15) is 0 Å². The summed E-state index contributed by atoms with van der Waals surface area (Å²) < 4.78 is 0. The molecule has 0 unspecified atom stereocenters. The molecule has 1 aromatic carbocycles. The van der Waals surface area contributed by atoms with E-state index in [0.717, 1.165) is 32.4 Å². The third-order valence-corrected chi connectivity index (χ3v) is 2.94. The van der Waals surface area contributed by atoms with E-state index in [1.165, 1.54) is 10.6 Å². The van der Waals surface area contributed by atoms with Crippen molar-refractivity contribution in [1.29, 1.82) is 0 Å². The van der Waals surface area contributed by atoms with Gasteiger partial charge < -0.3 is 10.3 Å². The van der Waals surface area contributed by atoms with Gasteiger partial charge in [-0.1, -0.05) is 30.3 Å². The third-order valence-electron chi connectivity index (χ3n) is 2.94. The van der Waals surface area contributed by atoms with Crippen LogP contribution in [0.2, 0.25) is 0 Å². The van der Waals surface area contributed by atoms with Crippen molar-refractivity contribution in [3.05, 3.63) is 41.1 Å². The zero-order valence-corrected chi connectivity index (χ0v) is 8.36. The van der Waals surface area contributed by atoms with E-state index < -0.39 is 0 Å². The van der Waals surface area contributed by atoms with Crippen LogP contribution in [0.1, 0.15) is 18.4 Å². The van der Waals surface area contributed by atoms with Crippen LogP contribution in [0.4, 0.5) is 0 Å². The van der Waals surface area contributed by atoms with Crippen LogP contribution in [0, 0.1) is 11.1 Å². The number of piperidine rings is 1. The third kappa shape index (κ3) is 2.56. The van der Waals surface area contributed by atoms with E-state index in [9.17, 15) is 5.21 Å². The molecule has 0 bridgehead atoms. The molecule has 14 heavy (non-hydrogen) atoms. The summed E-state index contributed by atoms with van der Waals surface area (Å²) in [7, 11) is 0. The Labute approximate surface area is 85.1 Å². The molecule has 0 amide bonds. The molecule has 1 saturated heterocycles. The van der Waals surface area contributed by atoms with Crippen molar-refractivity contribution in [2.24, 2.45) is 5.92 Å². The Morgan fingerprint density at radius 1 is 1.14 bits per heavy atom. The fourth-order valence-corrected chi connectivity index (χ4v) is 2.06. The zero-order chi connectivity index (χ0) is 9.80. The Kier molecular flexibility index (Phi) is 3.17. The van der Waals surface area contributed by atoms with Gasteiger partial charge in [0.1, 0.15) is 0 Å². The minimum atomic E-state index is 0.711. The fourth-order valence-electron chi connectivity index (χ4n) is 2.06. The Morgan fingerprint density at radius 3 is 2.43 bits per heavy atom. The van der Waals surface area contributed by atoms with Gasteiger partial charge in [0, 0.05) is 0 Å². The molecule has 0 atom stereocenters. The maximum Gasteiger partial charge on any atom is -0.0142 e. The predicted octanol–water partition coefficient (Wildman–Crippen LogP) is 2.44. The lowest BCUT2D eigenvalue weighted by molar-refractivity contribution is 0.243. The number of benzene rings is 1. The summed E-state index contributed by atoms with van der Waals surface area (Å²) in [5, 5.41) is 12.2. The minimum Gasteiger partial charge on any atom is -0.785 e. The maximum atomic E-state index is 11.0. The van der Waals surface area contributed by atoms with Gasteiger partial charge in [0.05, 0.1) is 0 Å². The monoisotopic (exact) mass is 190 g/mol. The second-order valence-corrected chi connectivity index (χ2v) is 4.06. The van der Waals surface area contributed by atoms with Crippen molar-refractivity contribution in [2.75, 3.05) is 13.1 Å². The van der Waals surface area contributed by atoms with Gasteiger partial charge in [-0.3, -0.25) is 0 Å². The summed E-state index contributed by atoms with van der Waals surface area (Å²) in [5.74, 6) is 0.711. The quantitative estimate of drug-likeness (QED) is 0.716. The van der Waals surface area contributed by atoms with Crippen LogP contribution in [0.3, 0.4) is 0 Å². The number of rotatable bonds is 2. The highest BCUT2D eigenvalue weighted by atomic mass is 16.5. The highest BCUT2D eigenvalue weighted by molar-refractivity contribution is 5.15. The van der Waals surface area contributed by atoms with E-state index in [2.05, 4.69) is 24.3 Å². The number of hydroxylamine groups is 2. The summed E-state index contributed by atoms with van der Waals surface area (Å²) in [6, 6.07) is 10.5. The van der Waals surface area contributed by atoms with E-state index in [4.69, 9.17) is 0 Å². The lowest BCUT2D eigenvalue weighted by Gasteiger charge is -2.36. The molecule has 1 aromatic rings. The van der Waals surface area contributed by atoms with Gasteiger partial charge in [-0.25, -0.2) is 0 Å². The van der Waals surface area contributed by atoms with Crippen LogP contribution in [-0.4, -0.2) is 18.2 Å². The standard InChI is InChI=1S/C12H16NO/c14-13-8-6-12(7-9-13)10-11-4-2-1-3-5-11/h1-5,12H,6-10H2/q-1. The molecule has 0 aliphatic carbocycles. The number of hydrogen-bond acceptors (Lipinski definition) is 2. The normalized spacial score (nSPS) is 19.8. The van der Waals surface area contributed by atoms with Crippen molar-refractivity contribution in [1.82, 2.24) is 5.06 Å². The molecule has 1 heterocycles. The van der Waals surface area contributed by atoms with Gasteiger partial charge in [0.25, 0.3) is 0 Å². The smallest absolute Gasteiger partial charge is 0.0142 e. The largest absolute Gasteiger partial charge is 0.785 e. The van der Waals surface area contributed by atoms with Gasteiger partial charge in [-0.05, 0) is 43.8 Å². The summed E-state index contributed by atoms with van der Waals surface area (Å²) in [6.07, 6.45) is 3.24. The predicted molar refractivity (Wildman–Crippen MR) is 57.8 cm³/mol. The van der Waals surface area contributed by atoms with Crippen LogP contribution in [0.25, 0.3) is 0 Å². The highest BCUT2D eigenvalue weighted by Crippen LogP contribution is 2.20. The lowest BCUT2D eigenvalue weighted by Crippen LogP contribution is -2.29. The molecule has 0 spiro atoms. The first-order valence-corrected chi connectivity index (χ1v) is 5.30. The van der Waals surface area contributed by atoms with Crippen LogP contribution < -0.4 is 0 Å². The second kappa shape index (κ2) is 4.58. The first kappa shape index (κ1) is 9.69. The molecule has 76 valence electrons. The molecule has 0 saturated carbocycles. The van der Waals surface area contributed by atoms with Crippen LogP contribution in [0.5, 0.6) is 0 Å². The molecule has 0 radical (unpaired) electrons. The Bertz CT molecular complexity index is 265. The van der Waals surface area contributed by atoms with Crippen molar-refractivity contribution in [3.8, 4) is 0 Å². The van der Waals surface area contributed by atoms with Crippen LogP contribution in [-0.2, 0) is 6.42 Å². The average molecular weight is 190 g/mol. The molecule has 2 nitrogen and oxygen atoms in total. The summed E-state index contributed by atoms with van der Waals surface area (Å²) in [4.78, 5) is 0. The van der Waals surface area contributed by atoms with Crippen molar-refractivity contribution in [3.63, 3.8) is 0 Å². The van der Waals surface area contributed by atoms with E-state index >= 15 is 0 Å². The zero-order valence-electron chi connectivity index (χ0n) is 8.36. The summed E-state index contributed by atoms with van der Waals surface area (Å²) in [6.45, 7) is 1.44. The molecule has 0 N–H and O–H groups in total. The Morgan fingerprint density at radius 2 is 1.79 bits per heavy atom. The molecule has 2 heteroatoms. The Balaban J connectivity index is 1.87. The molecular weight excluding hydrogens is 174 g/mol. The number of hydrogen-bond donors (Lipinski definition) is 0. The fraction of sp³-hybridized carbons (Fsp3) is 0.500. The van der Waals surface area contributed by atoms with Crippen molar-refractivity contribution >= 4 is 0 Å². The molecular formula is C12H16NO-. The van der Waals surface area contributed by atoms with E-state index in [0.29, 0.717) is 5.92 Å². The van der Waals surface area contributed by atoms with E-state index in [1.807, 2.05) is 6.07 Å².